The third-order valence-electron chi connectivity index (χ3n) is 4.57. The van der Waals surface area contributed by atoms with E-state index in [0.29, 0.717) is 18.6 Å². The van der Waals surface area contributed by atoms with Gasteiger partial charge in [-0.2, -0.15) is 0 Å². The zero-order valence-electron chi connectivity index (χ0n) is 16.2. The summed E-state index contributed by atoms with van der Waals surface area (Å²) >= 11 is 0. The van der Waals surface area contributed by atoms with Crippen molar-refractivity contribution in [2.24, 2.45) is 0 Å². The second kappa shape index (κ2) is 9.08. The monoisotopic (exact) mass is 379 g/mol. The number of aryl methyl sites for hydroxylation is 3. The molecule has 28 heavy (non-hydrogen) atoms. The number of nitrogens with one attached hydrogen (secondary N) is 3. The number of hydrazine groups is 1. The largest absolute Gasteiger partial charge is 0.483 e. The Kier molecular flexibility index (Phi) is 6.32. The van der Waals surface area contributed by atoms with Gasteiger partial charge in [0.2, 0.25) is 5.91 Å². The summed E-state index contributed by atoms with van der Waals surface area (Å²) < 4.78 is 5.52. The number of benzene rings is 2. The number of carbonyl (C=O) groups excluding carboxylic acids is 2. The minimum absolute atomic E-state index is 0.153. The van der Waals surface area contributed by atoms with Crippen LogP contribution in [0.3, 0.4) is 0 Å². The van der Waals surface area contributed by atoms with Crippen LogP contribution < -0.4 is 15.6 Å². The lowest BCUT2D eigenvalue weighted by Gasteiger charge is -2.11. The molecule has 3 N–H and O–H groups in total. The summed E-state index contributed by atoms with van der Waals surface area (Å²) in [6.45, 7) is 3.73. The summed E-state index contributed by atoms with van der Waals surface area (Å²) in [4.78, 5) is 27.0. The number of aromatic amines is 1. The van der Waals surface area contributed by atoms with E-state index in [1.54, 1.807) is 0 Å². The van der Waals surface area contributed by atoms with Crippen LogP contribution in [0.4, 0.5) is 0 Å². The van der Waals surface area contributed by atoms with Crippen molar-refractivity contribution >= 4 is 22.7 Å². The van der Waals surface area contributed by atoms with Crippen LogP contribution in [0.2, 0.25) is 0 Å². The van der Waals surface area contributed by atoms with Gasteiger partial charge in [-0.1, -0.05) is 30.3 Å². The molecule has 1 aromatic heterocycles. The normalized spacial score (nSPS) is 10.6. The van der Waals surface area contributed by atoms with E-state index in [2.05, 4.69) is 21.9 Å². The summed E-state index contributed by atoms with van der Waals surface area (Å²) in [5.41, 5.74) is 9.13. The molecule has 0 radical (unpaired) electrons. The molecular weight excluding hydrogens is 354 g/mol. The summed E-state index contributed by atoms with van der Waals surface area (Å²) in [5, 5.41) is 1.18. The molecule has 0 aliphatic carbocycles. The van der Waals surface area contributed by atoms with Crippen molar-refractivity contribution < 1.29 is 14.3 Å². The summed E-state index contributed by atoms with van der Waals surface area (Å²) in [6.07, 6.45) is 3.80. The van der Waals surface area contributed by atoms with Crippen LogP contribution in [0.15, 0.2) is 48.7 Å². The number of hydrogen-bond donors (Lipinski definition) is 3. The standard InChI is InChI=1S/C22H25N3O3/c1-15-10-11-16(2)20(12-15)28-14-22(27)25-24-21(26)9-5-6-17-13-23-19-8-4-3-7-18(17)19/h3-4,7-8,10-13,23H,5-6,9,14H2,1-2H3,(H,24,26)(H,25,27). The van der Waals surface area contributed by atoms with Crippen molar-refractivity contribution in [1.82, 2.24) is 15.8 Å². The second-order valence-electron chi connectivity index (χ2n) is 6.87. The number of rotatable bonds is 7. The molecule has 146 valence electrons. The highest BCUT2D eigenvalue weighted by molar-refractivity contribution is 5.84. The zero-order valence-corrected chi connectivity index (χ0v) is 16.2. The van der Waals surface area contributed by atoms with Gasteiger partial charge in [0.05, 0.1) is 0 Å². The molecule has 0 bridgehead atoms. The highest BCUT2D eigenvalue weighted by Gasteiger charge is 2.08. The van der Waals surface area contributed by atoms with Gasteiger partial charge >= 0.3 is 0 Å². The molecule has 6 nitrogen and oxygen atoms in total. The Morgan fingerprint density at radius 3 is 2.68 bits per heavy atom. The first-order valence-electron chi connectivity index (χ1n) is 9.35. The summed E-state index contributed by atoms with van der Waals surface area (Å²) in [7, 11) is 0. The lowest BCUT2D eigenvalue weighted by molar-refractivity contribution is -0.130. The molecule has 0 aliphatic rings. The topological polar surface area (TPSA) is 83.2 Å². The van der Waals surface area contributed by atoms with Gasteiger partial charge in [-0.15, -0.1) is 0 Å². The first-order chi connectivity index (χ1) is 13.5. The molecular formula is C22H25N3O3. The van der Waals surface area contributed by atoms with Crippen molar-refractivity contribution in [2.75, 3.05) is 6.61 Å². The van der Waals surface area contributed by atoms with Gasteiger partial charge in [-0.25, -0.2) is 0 Å². The van der Waals surface area contributed by atoms with Crippen LogP contribution in [0, 0.1) is 13.8 Å². The van der Waals surface area contributed by atoms with E-state index in [1.165, 1.54) is 10.9 Å². The SMILES string of the molecule is Cc1ccc(C)c(OCC(=O)NNC(=O)CCCc2c[nH]c3ccccc23)c1. The van der Waals surface area contributed by atoms with Crippen molar-refractivity contribution in [3.8, 4) is 5.75 Å². The lowest BCUT2D eigenvalue weighted by atomic mass is 10.1. The molecule has 0 spiro atoms. The molecule has 0 fully saturated rings. The number of ether oxygens (including phenoxy) is 1. The molecule has 2 aromatic carbocycles. The average Bonchev–Trinajstić information content (AvgIpc) is 3.10. The minimum atomic E-state index is -0.397. The van der Waals surface area contributed by atoms with E-state index in [4.69, 9.17) is 4.74 Å². The number of para-hydroxylation sites is 1. The molecule has 0 saturated carbocycles. The van der Waals surface area contributed by atoms with E-state index < -0.39 is 5.91 Å². The predicted octanol–water partition coefficient (Wildman–Crippen LogP) is 3.33. The van der Waals surface area contributed by atoms with Gasteiger partial charge in [0, 0.05) is 23.5 Å². The summed E-state index contributed by atoms with van der Waals surface area (Å²) in [6, 6.07) is 13.9. The molecule has 0 atom stereocenters. The van der Waals surface area contributed by atoms with E-state index in [-0.39, 0.29) is 12.5 Å². The van der Waals surface area contributed by atoms with E-state index in [9.17, 15) is 9.59 Å². The van der Waals surface area contributed by atoms with Gasteiger partial charge in [0.25, 0.3) is 5.91 Å². The van der Waals surface area contributed by atoms with Crippen molar-refractivity contribution in [2.45, 2.75) is 33.1 Å². The molecule has 2 amide bonds. The molecule has 0 unspecified atom stereocenters. The van der Waals surface area contributed by atoms with Crippen LogP contribution in [-0.4, -0.2) is 23.4 Å². The smallest absolute Gasteiger partial charge is 0.276 e. The fourth-order valence-corrected chi connectivity index (χ4v) is 3.02. The zero-order chi connectivity index (χ0) is 19.9. The fraction of sp³-hybridized carbons (Fsp3) is 0.273. The Morgan fingerprint density at radius 1 is 1.04 bits per heavy atom. The lowest BCUT2D eigenvalue weighted by Crippen LogP contribution is -2.43. The number of H-pyrrole nitrogens is 1. The molecule has 3 rings (SSSR count). The maximum Gasteiger partial charge on any atom is 0.276 e. The third kappa shape index (κ3) is 5.13. The molecule has 6 heteroatoms. The Labute approximate surface area is 164 Å². The minimum Gasteiger partial charge on any atom is -0.483 e. The van der Waals surface area contributed by atoms with Crippen LogP contribution in [0.5, 0.6) is 5.75 Å². The van der Waals surface area contributed by atoms with Crippen molar-refractivity contribution in [3.63, 3.8) is 0 Å². The van der Waals surface area contributed by atoms with Gasteiger partial charge in [-0.3, -0.25) is 20.4 Å². The van der Waals surface area contributed by atoms with Gasteiger partial charge < -0.3 is 9.72 Å². The molecule has 3 aromatic rings. The highest BCUT2D eigenvalue weighted by atomic mass is 16.5. The highest BCUT2D eigenvalue weighted by Crippen LogP contribution is 2.20. The van der Waals surface area contributed by atoms with E-state index >= 15 is 0 Å². The Hall–Kier alpha value is -3.28. The second-order valence-corrected chi connectivity index (χ2v) is 6.87. The maximum absolute atomic E-state index is 11.9. The Morgan fingerprint density at radius 2 is 1.82 bits per heavy atom. The number of aromatic nitrogens is 1. The van der Waals surface area contributed by atoms with E-state index in [0.717, 1.165) is 23.1 Å². The van der Waals surface area contributed by atoms with Crippen LogP contribution in [0.1, 0.15) is 29.5 Å². The number of hydrogen-bond acceptors (Lipinski definition) is 3. The number of carbonyl (C=O) groups is 2. The van der Waals surface area contributed by atoms with Gasteiger partial charge in [-0.05, 0) is 55.5 Å². The Bertz CT molecular complexity index is 978. The number of fused-ring (bicyclic) bond motifs is 1. The molecule has 1 heterocycles. The predicted molar refractivity (Wildman–Crippen MR) is 109 cm³/mol. The molecule has 0 saturated heterocycles. The summed E-state index contributed by atoms with van der Waals surface area (Å²) in [5.74, 6) is 0.0472. The third-order valence-corrected chi connectivity index (χ3v) is 4.57. The van der Waals surface area contributed by atoms with Crippen LogP contribution in [0.25, 0.3) is 10.9 Å². The maximum atomic E-state index is 11.9. The Balaban J connectivity index is 1.37. The average molecular weight is 379 g/mol. The van der Waals surface area contributed by atoms with Gasteiger partial charge in [0.1, 0.15) is 5.75 Å². The van der Waals surface area contributed by atoms with Crippen LogP contribution in [-0.2, 0) is 16.0 Å². The van der Waals surface area contributed by atoms with Crippen molar-refractivity contribution in [1.29, 1.82) is 0 Å². The van der Waals surface area contributed by atoms with Gasteiger partial charge in [0.15, 0.2) is 6.61 Å². The van der Waals surface area contributed by atoms with E-state index in [1.807, 2.05) is 56.4 Å². The van der Waals surface area contributed by atoms with Crippen LogP contribution >= 0.6 is 0 Å². The first-order valence-corrected chi connectivity index (χ1v) is 9.35. The first kappa shape index (κ1) is 19.5. The van der Waals surface area contributed by atoms with Crippen molar-refractivity contribution in [3.05, 3.63) is 65.4 Å². The quantitative estimate of drug-likeness (QED) is 0.551. The fourth-order valence-electron chi connectivity index (χ4n) is 3.02. The number of amides is 2. The molecule has 0 aliphatic heterocycles.